The van der Waals surface area contributed by atoms with Crippen molar-refractivity contribution in [1.29, 1.82) is 0 Å². The molecule has 0 aliphatic carbocycles. The molecule has 0 fully saturated rings. The largest absolute Gasteiger partial charge is 0.456 e. The third-order valence-corrected chi connectivity index (χ3v) is 4.60. The van der Waals surface area contributed by atoms with Crippen molar-refractivity contribution in [2.75, 3.05) is 6.61 Å². The Kier molecular flexibility index (Phi) is 4.79. The second-order valence-electron chi connectivity index (χ2n) is 6.61. The van der Waals surface area contributed by atoms with Crippen LogP contribution in [0.4, 0.5) is 13.2 Å². The van der Waals surface area contributed by atoms with E-state index in [9.17, 15) is 18.0 Å². The molecule has 0 aliphatic heterocycles. The lowest BCUT2D eigenvalue weighted by Gasteiger charge is -2.23. The normalized spacial score (nSPS) is 12.5. The number of carbonyl (C=O) groups excluding carboxylic acids is 1. The lowest BCUT2D eigenvalue weighted by Crippen LogP contribution is -2.34. The van der Waals surface area contributed by atoms with Gasteiger partial charge in [0.25, 0.3) is 0 Å². The number of ether oxygens (including phenoxy) is 1. The van der Waals surface area contributed by atoms with Crippen molar-refractivity contribution in [1.82, 2.24) is 9.78 Å². The summed E-state index contributed by atoms with van der Waals surface area (Å²) in [6, 6.07) is 9.50. The molecule has 1 aromatic carbocycles. The summed E-state index contributed by atoms with van der Waals surface area (Å²) >= 11 is 1.55. The van der Waals surface area contributed by atoms with Crippen molar-refractivity contribution in [3.8, 4) is 11.3 Å². The van der Waals surface area contributed by atoms with E-state index in [2.05, 4.69) is 9.84 Å². The molecule has 0 amide bonds. The fourth-order valence-corrected chi connectivity index (χ4v) is 3.28. The van der Waals surface area contributed by atoms with Crippen LogP contribution in [0.1, 0.15) is 13.8 Å². The third-order valence-electron chi connectivity index (χ3n) is 3.92. The van der Waals surface area contributed by atoms with Gasteiger partial charge in [-0.25, -0.2) is 0 Å². The first-order chi connectivity index (χ1) is 12.2. The van der Waals surface area contributed by atoms with E-state index in [1.54, 1.807) is 29.9 Å². The minimum Gasteiger partial charge on any atom is -0.456 e. The predicted molar refractivity (Wildman–Crippen MR) is 93.8 cm³/mol. The highest BCUT2D eigenvalue weighted by Gasteiger charge is 2.36. The van der Waals surface area contributed by atoms with E-state index < -0.39 is 24.2 Å². The molecule has 3 aromatic rings. The Morgan fingerprint density at radius 3 is 2.62 bits per heavy atom. The molecule has 0 aliphatic rings. The zero-order valence-electron chi connectivity index (χ0n) is 14.2. The van der Waals surface area contributed by atoms with Gasteiger partial charge < -0.3 is 4.74 Å². The van der Waals surface area contributed by atoms with Gasteiger partial charge in [0, 0.05) is 16.3 Å². The van der Waals surface area contributed by atoms with E-state index in [-0.39, 0.29) is 6.54 Å². The molecule has 0 radical (unpaired) electrons. The van der Waals surface area contributed by atoms with E-state index in [0.29, 0.717) is 0 Å². The number of halogens is 3. The Morgan fingerprint density at radius 2 is 1.96 bits per heavy atom. The van der Waals surface area contributed by atoms with Gasteiger partial charge in [0.15, 0.2) is 6.61 Å². The second kappa shape index (κ2) is 6.75. The molecule has 26 heavy (non-hydrogen) atoms. The molecule has 0 bridgehead atoms. The van der Waals surface area contributed by atoms with Crippen molar-refractivity contribution in [3.05, 3.63) is 41.1 Å². The average Bonchev–Trinajstić information content (AvgIpc) is 3.20. The smallest absolute Gasteiger partial charge is 0.422 e. The van der Waals surface area contributed by atoms with Crippen LogP contribution in [0, 0.1) is 5.41 Å². The standard InChI is InChI=1S/C18H17F3N2O2S/c1-17(2,16(24)25-11-18(19,20)21)10-23-14-6-4-3-5-13(14)15(22-23)12-7-8-26-9-12/h3-9H,10-11H2,1-2H3. The van der Waals surface area contributed by atoms with Crippen LogP contribution in [0.25, 0.3) is 22.2 Å². The third kappa shape index (κ3) is 3.90. The molecule has 138 valence electrons. The van der Waals surface area contributed by atoms with Gasteiger partial charge in [-0.2, -0.15) is 29.6 Å². The topological polar surface area (TPSA) is 44.1 Å². The summed E-state index contributed by atoms with van der Waals surface area (Å²) < 4.78 is 43.0. The lowest BCUT2D eigenvalue weighted by atomic mass is 9.94. The Balaban J connectivity index is 1.90. The molecule has 0 saturated heterocycles. The van der Waals surface area contributed by atoms with Gasteiger partial charge >= 0.3 is 12.1 Å². The summed E-state index contributed by atoms with van der Waals surface area (Å²) in [5.74, 6) is -0.911. The van der Waals surface area contributed by atoms with Gasteiger partial charge in [-0.1, -0.05) is 18.2 Å². The summed E-state index contributed by atoms with van der Waals surface area (Å²) in [5.41, 5.74) is 1.39. The fraction of sp³-hybridized carbons (Fsp3) is 0.333. The summed E-state index contributed by atoms with van der Waals surface area (Å²) in [6.45, 7) is 1.61. The highest BCUT2D eigenvalue weighted by Crippen LogP contribution is 2.31. The number of aromatic nitrogens is 2. The first-order valence-corrected chi connectivity index (χ1v) is 8.84. The van der Waals surface area contributed by atoms with Gasteiger partial charge in [-0.15, -0.1) is 0 Å². The number of rotatable bonds is 5. The molecule has 2 aromatic heterocycles. The van der Waals surface area contributed by atoms with E-state index in [4.69, 9.17) is 0 Å². The van der Waals surface area contributed by atoms with Crippen LogP contribution in [-0.4, -0.2) is 28.5 Å². The summed E-state index contributed by atoms with van der Waals surface area (Å²) in [7, 11) is 0. The van der Waals surface area contributed by atoms with Crippen molar-refractivity contribution in [2.24, 2.45) is 5.41 Å². The van der Waals surface area contributed by atoms with E-state index >= 15 is 0 Å². The SMILES string of the molecule is CC(C)(Cn1nc(-c2ccsc2)c2ccccc21)C(=O)OCC(F)(F)F. The molecule has 0 spiro atoms. The number of carbonyl (C=O) groups is 1. The maximum Gasteiger partial charge on any atom is 0.422 e. The molecule has 3 rings (SSSR count). The van der Waals surface area contributed by atoms with Crippen LogP contribution in [0.3, 0.4) is 0 Å². The highest BCUT2D eigenvalue weighted by molar-refractivity contribution is 7.08. The van der Waals surface area contributed by atoms with E-state index in [1.807, 2.05) is 41.1 Å². The van der Waals surface area contributed by atoms with Gasteiger partial charge in [0.05, 0.1) is 17.5 Å². The summed E-state index contributed by atoms with van der Waals surface area (Å²) in [4.78, 5) is 12.1. The highest BCUT2D eigenvalue weighted by atomic mass is 32.1. The van der Waals surface area contributed by atoms with Crippen molar-refractivity contribution < 1.29 is 22.7 Å². The molecule has 8 heteroatoms. The number of thiophene rings is 1. The molecule has 0 atom stereocenters. The van der Waals surface area contributed by atoms with Crippen molar-refractivity contribution >= 4 is 28.2 Å². The zero-order valence-corrected chi connectivity index (χ0v) is 15.0. The Labute approximate surface area is 152 Å². The first kappa shape index (κ1) is 18.4. The van der Waals surface area contributed by atoms with Gasteiger partial charge in [-0.3, -0.25) is 9.48 Å². The van der Waals surface area contributed by atoms with Crippen LogP contribution in [0.2, 0.25) is 0 Å². The zero-order chi connectivity index (χ0) is 18.9. The maximum atomic E-state index is 12.3. The van der Waals surface area contributed by atoms with E-state index in [1.165, 1.54) is 0 Å². The van der Waals surface area contributed by atoms with Gasteiger partial charge in [0.2, 0.25) is 0 Å². The van der Waals surface area contributed by atoms with Gasteiger partial charge in [0.1, 0.15) is 5.69 Å². The molecule has 0 unspecified atom stereocenters. The predicted octanol–water partition coefficient (Wildman–Crippen LogP) is 4.90. The van der Waals surface area contributed by atoms with Crippen molar-refractivity contribution in [3.63, 3.8) is 0 Å². The number of hydrogen-bond acceptors (Lipinski definition) is 4. The van der Waals surface area contributed by atoms with Crippen LogP contribution >= 0.6 is 11.3 Å². The first-order valence-electron chi connectivity index (χ1n) is 7.89. The molecular weight excluding hydrogens is 365 g/mol. The lowest BCUT2D eigenvalue weighted by molar-refractivity contribution is -0.193. The summed E-state index contributed by atoms with van der Waals surface area (Å²) in [6.07, 6.45) is -4.55. The minimum atomic E-state index is -4.55. The molecule has 2 heterocycles. The second-order valence-corrected chi connectivity index (χ2v) is 7.39. The monoisotopic (exact) mass is 382 g/mol. The number of hydrogen-bond donors (Lipinski definition) is 0. The Hall–Kier alpha value is -2.35. The Morgan fingerprint density at radius 1 is 1.23 bits per heavy atom. The Bertz CT molecular complexity index is 914. The van der Waals surface area contributed by atoms with Crippen LogP contribution in [0.15, 0.2) is 41.1 Å². The van der Waals surface area contributed by atoms with E-state index in [0.717, 1.165) is 22.2 Å². The fourth-order valence-electron chi connectivity index (χ4n) is 2.64. The average molecular weight is 382 g/mol. The maximum absolute atomic E-state index is 12.3. The molecule has 0 N–H and O–H groups in total. The number of benzene rings is 1. The van der Waals surface area contributed by atoms with Gasteiger partial charge in [-0.05, 0) is 31.4 Å². The summed E-state index contributed by atoms with van der Waals surface area (Å²) in [5, 5.41) is 9.44. The minimum absolute atomic E-state index is 0.105. The quantitative estimate of drug-likeness (QED) is 0.590. The number of esters is 1. The van der Waals surface area contributed by atoms with Crippen LogP contribution in [-0.2, 0) is 16.1 Å². The number of para-hydroxylation sites is 1. The van der Waals surface area contributed by atoms with Crippen LogP contribution < -0.4 is 0 Å². The number of alkyl halides is 3. The molecule has 0 saturated carbocycles. The number of nitrogens with zero attached hydrogens (tertiary/aromatic N) is 2. The van der Waals surface area contributed by atoms with Crippen molar-refractivity contribution in [2.45, 2.75) is 26.6 Å². The molecule has 4 nitrogen and oxygen atoms in total. The van der Waals surface area contributed by atoms with Crippen LogP contribution in [0.5, 0.6) is 0 Å². The molecular formula is C18H17F3N2O2S. The number of fused-ring (bicyclic) bond motifs is 1.